The number of imidazole rings is 1. The molecule has 0 atom stereocenters. The SMILES string of the molecule is CC(C)NC(=O)Nc1ccc(C(=O)Nc2ccc3nc(-c4ccco4)[nH]c3c2)cc1. The van der Waals surface area contributed by atoms with E-state index in [2.05, 4.69) is 25.9 Å². The fraction of sp³-hybridized carbons (Fsp3) is 0.136. The van der Waals surface area contributed by atoms with Crippen LogP contribution in [0.25, 0.3) is 22.6 Å². The van der Waals surface area contributed by atoms with Crippen molar-refractivity contribution in [1.82, 2.24) is 15.3 Å². The zero-order valence-corrected chi connectivity index (χ0v) is 16.5. The average Bonchev–Trinajstić information content (AvgIpc) is 3.37. The highest BCUT2D eigenvalue weighted by molar-refractivity contribution is 6.05. The van der Waals surface area contributed by atoms with Gasteiger partial charge in [0.1, 0.15) is 0 Å². The van der Waals surface area contributed by atoms with Gasteiger partial charge >= 0.3 is 6.03 Å². The molecule has 0 saturated heterocycles. The van der Waals surface area contributed by atoms with Gasteiger partial charge in [-0.2, -0.15) is 0 Å². The molecule has 3 amide bonds. The highest BCUT2D eigenvalue weighted by Crippen LogP contribution is 2.23. The third kappa shape index (κ3) is 4.33. The summed E-state index contributed by atoms with van der Waals surface area (Å²) in [5, 5.41) is 8.34. The van der Waals surface area contributed by atoms with Gasteiger partial charge < -0.3 is 25.4 Å². The summed E-state index contributed by atoms with van der Waals surface area (Å²) in [6, 6.07) is 15.5. The monoisotopic (exact) mass is 403 g/mol. The van der Waals surface area contributed by atoms with Gasteiger partial charge in [0.25, 0.3) is 5.91 Å². The van der Waals surface area contributed by atoms with Gasteiger partial charge in [0.2, 0.25) is 0 Å². The molecule has 0 unspecified atom stereocenters. The van der Waals surface area contributed by atoms with E-state index in [0.29, 0.717) is 28.5 Å². The molecule has 2 heterocycles. The maximum atomic E-state index is 12.6. The Bertz CT molecular complexity index is 1180. The Morgan fingerprint density at radius 2 is 1.77 bits per heavy atom. The highest BCUT2D eigenvalue weighted by Gasteiger charge is 2.11. The van der Waals surface area contributed by atoms with Crippen molar-refractivity contribution in [2.24, 2.45) is 0 Å². The van der Waals surface area contributed by atoms with E-state index in [1.807, 2.05) is 32.0 Å². The highest BCUT2D eigenvalue weighted by atomic mass is 16.3. The first-order chi connectivity index (χ1) is 14.5. The number of rotatable bonds is 5. The molecule has 8 heteroatoms. The number of carbonyl (C=O) groups excluding carboxylic acids is 2. The largest absolute Gasteiger partial charge is 0.461 e. The molecule has 4 aromatic rings. The topological polar surface area (TPSA) is 112 Å². The van der Waals surface area contributed by atoms with Gasteiger partial charge in [-0.05, 0) is 68.4 Å². The van der Waals surface area contributed by atoms with Gasteiger partial charge in [-0.25, -0.2) is 9.78 Å². The Balaban J connectivity index is 1.44. The van der Waals surface area contributed by atoms with Crippen LogP contribution in [0.1, 0.15) is 24.2 Å². The van der Waals surface area contributed by atoms with Crippen LogP contribution in [0.5, 0.6) is 0 Å². The molecular weight excluding hydrogens is 382 g/mol. The van der Waals surface area contributed by atoms with E-state index in [9.17, 15) is 9.59 Å². The number of nitrogens with one attached hydrogen (secondary N) is 4. The van der Waals surface area contributed by atoms with Crippen LogP contribution in [0.15, 0.2) is 65.3 Å². The number of nitrogens with zero attached hydrogens (tertiary/aromatic N) is 1. The van der Waals surface area contributed by atoms with Crippen LogP contribution in [0, 0.1) is 0 Å². The van der Waals surface area contributed by atoms with E-state index < -0.39 is 0 Å². The van der Waals surface area contributed by atoms with E-state index >= 15 is 0 Å². The molecular formula is C22H21N5O3. The van der Waals surface area contributed by atoms with Crippen LogP contribution in [0.3, 0.4) is 0 Å². The first kappa shape index (κ1) is 19.3. The maximum Gasteiger partial charge on any atom is 0.319 e. The second-order valence-electron chi connectivity index (χ2n) is 7.08. The minimum absolute atomic E-state index is 0.0393. The molecule has 8 nitrogen and oxygen atoms in total. The van der Waals surface area contributed by atoms with Crippen molar-refractivity contribution in [2.75, 3.05) is 10.6 Å². The van der Waals surface area contributed by atoms with Crippen molar-refractivity contribution in [3.8, 4) is 11.6 Å². The third-order valence-corrected chi connectivity index (χ3v) is 4.32. The molecule has 0 bridgehead atoms. The maximum absolute atomic E-state index is 12.6. The Morgan fingerprint density at radius 1 is 1.00 bits per heavy atom. The van der Waals surface area contributed by atoms with Crippen LogP contribution in [-0.2, 0) is 0 Å². The molecule has 0 aliphatic heterocycles. The van der Waals surface area contributed by atoms with Gasteiger partial charge in [0, 0.05) is 23.0 Å². The smallest absolute Gasteiger partial charge is 0.319 e. The molecule has 152 valence electrons. The average molecular weight is 403 g/mol. The summed E-state index contributed by atoms with van der Waals surface area (Å²) >= 11 is 0. The fourth-order valence-corrected chi connectivity index (χ4v) is 2.95. The number of hydrogen-bond donors (Lipinski definition) is 4. The van der Waals surface area contributed by atoms with E-state index in [4.69, 9.17) is 4.42 Å². The van der Waals surface area contributed by atoms with Crippen LogP contribution >= 0.6 is 0 Å². The number of anilines is 2. The van der Waals surface area contributed by atoms with Crippen molar-refractivity contribution in [2.45, 2.75) is 19.9 Å². The second-order valence-corrected chi connectivity index (χ2v) is 7.08. The van der Waals surface area contributed by atoms with Gasteiger partial charge in [0.15, 0.2) is 11.6 Å². The number of furan rings is 1. The van der Waals surface area contributed by atoms with E-state index in [0.717, 1.165) is 11.0 Å². The van der Waals surface area contributed by atoms with Gasteiger partial charge in [-0.1, -0.05) is 0 Å². The molecule has 0 spiro atoms. The molecule has 2 aromatic carbocycles. The van der Waals surface area contributed by atoms with Crippen LogP contribution in [-0.4, -0.2) is 27.9 Å². The number of benzene rings is 2. The molecule has 4 rings (SSSR count). The quantitative estimate of drug-likeness (QED) is 0.390. The van der Waals surface area contributed by atoms with E-state index in [1.165, 1.54) is 0 Å². The molecule has 0 aliphatic carbocycles. The number of hydrogen-bond acceptors (Lipinski definition) is 4. The number of fused-ring (bicyclic) bond motifs is 1. The number of amides is 3. The number of aromatic amines is 1. The molecule has 0 saturated carbocycles. The fourth-order valence-electron chi connectivity index (χ4n) is 2.95. The lowest BCUT2D eigenvalue weighted by atomic mass is 10.2. The van der Waals surface area contributed by atoms with Crippen molar-refractivity contribution in [1.29, 1.82) is 0 Å². The zero-order valence-electron chi connectivity index (χ0n) is 16.5. The van der Waals surface area contributed by atoms with Gasteiger partial charge in [-0.15, -0.1) is 0 Å². The van der Waals surface area contributed by atoms with Crippen molar-refractivity contribution < 1.29 is 14.0 Å². The molecule has 30 heavy (non-hydrogen) atoms. The Labute approximate surface area is 172 Å². The van der Waals surface area contributed by atoms with Crippen molar-refractivity contribution in [3.63, 3.8) is 0 Å². The molecule has 0 radical (unpaired) electrons. The summed E-state index contributed by atoms with van der Waals surface area (Å²) in [6.45, 7) is 3.76. The first-order valence-electron chi connectivity index (χ1n) is 9.50. The molecule has 0 fully saturated rings. The summed E-state index contributed by atoms with van der Waals surface area (Å²) < 4.78 is 5.36. The standard InChI is InChI=1S/C22H21N5O3/c1-13(2)23-22(29)25-15-7-5-14(6-8-15)21(28)24-16-9-10-17-18(12-16)27-20(26-17)19-4-3-11-30-19/h3-13H,1-2H3,(H,24,28)(H,26,27)(H2,23,25,29). The number of carbonyl (C=O) groups is 2. The van der Waals surface area contributed by atoms with Crippen LogP contribution < -0.4 is 16.0 Å². The second kappa shape index (κ2) is 8.12. The minimum atomic E-state index is -0.288. The molecule has 2 aromatic heterocycles. The summed E-state index contributed by atoms with van der Waals surface area (Å²) in [5.41, 5.74) is 3.28. The third-order valence-electron chi connectivity index (χ3n) is 4.32. The lowest BCUT2D eigenvalue weighted by molar-refractivity contribution is 0.102. The predicted octanol–water partition coefficient (Wildman–Crippen LogP) is 4.61. The summed E-state index contributed by atoms with van der Waals surface area (Å²) in [4.78, 5) is 32.0. The van der Waals surface area contributed by atoms with E-state index in [-0.39, 0.29) is 18.0 Å². The lowest BCUT2D eigenvalue weighted by Gasteiger charge is -2.10. The Morgan fingerprint density at radius 3 is 2.47 bits per heavy atom. The number of H-pyrrole nitrogens is 1. The normalized spacial score (nSPS) is 10.9. The van der Waals surface area contributed by atoms with Crippen molar-refractivity contribution >= 4 is 34.3 Å². The van der Waals surface area contributed by atoms with Gasteiger partial charge in [-0.3, -0.25) is 4.79 Å². The Kier molecular flexibility index (Phi) is 5.21. The summed E-state index contributed by atoms with van der Waals surface area (Å²) in [6.07, 6.45) is 1.59. The molecule has 0 aliphatic rings. The van der Waals surface area contributed by atoms with Crippen LogP contribution in [0.4, 0.5) is 16.2 Å². The first-order valence-corrected chi connectivity index (χ1v) is 9.50. The predicted molar refractivity (Wildman–Crippen MR) is 115 cm³/mol. The van der Waals surface area contributed by atoms with E-state index in [1.54, 1.807) is 42.7 Å². The van der Waals surface area contributed by atoms with Crippen LogP contribution in [0.2, 0.25) is 0 Å². The Hall–Kier alpha value is -4.07. The minimum Gasteiger partial charge on any atom is -0.461 e. The van der Waals surface area contributed by atoms with Gasteiger partial charge in [0.05, 0.1) is 17.3 Å². The summed E-state index contributed by atoms with van der Waals surface area (Å²) in [7, 11) is 0. The lowest BCUT2D eigenvalue weighted by Crippen LogP contribution is -2.34. The summed E-state index contributed by atoms with van der Waals surface area (Å²) in [5.74, 6) is 1.02. The number of urea groups is 1. The molecule has 4 N–H and O–H groups in total. The van der Waals surface area contributed by atoms with Crippen molar-refractivity contribution in [3.05, 3.63) is 66.4 Å². The number of aromatic nitrogens is 2. The zero-order chi connectivity index (χ0) is 21.1.